The van der Waals surface area contributed by atoms with Gasteiger partial charge in [-0.15, -0.1) is 11.3 Å². The number of nitrogens with one attached hydrogen (secondary N) is 2. The van der Waals surface area contributed by atoms with E-state index in [0.29, 0.717) is 17.8 Å². The molecule has 1 unspecified atom stereocenters. The number of carbonyl (C=O) groups is 3. The Morgan fingerprint density at radius 3 is 2.52 bits per heavy atom. The van der Waals surface area contributed by atoms with Crippen molar-refractivity contribution in [1.82, 2.24) is 5.32 Å². The monoisotopic (exact) mass is 434 g/mol. The molecule has 4 rings (SSSR count). The Morgan fingerprint density at radius 2 is 1.81 bits per heavy atom. The van der Waals surface area contributed by atoms with Gasteiger partial charge in [-0.3, -0.25) is 9.59 Å². The lowest BCUT2D eigenvalue weighted by Gasteiger charge is -2.18. The molecule has 0 radical (unpaired) electrons. The molecule has 0 fully saturated rings. The number of anilines is 2. The fraction of sp³-hybridized carbons (Fsp3) is 0.174. The van der Waals surface area contributed by atoms with Crippen molar-refractivity contribution in [2.75, 3.05) is 16.8 Å². The molecule has 31 heavy (non-hydrogen) atoms. The number of primary amides is 1. The van der Waals surface area contributed by atoms with E-state index in [1.165, 1.54) is 16.9 Å². The van der Waals surface area contributed by atoms with E-state index in [4.69, 9.17) is 5.73 Å². The van der Waals surface area contributed by atoms with Gasteiger partial charge in [-0.05, 0) is 53.8 Å². The maximum atomic E-state index is 12.9. The molecule has 7 nitrogen and oxygen atoms in total. The van der Waals surface area contributed by atoms with E-state index in [9.17, 15) is 14.4 Å². The Hall–Kier alpha value is -3.65. The Morgan fingerprint density at radius 1 is 1.03 bits per heavy atom. The Balaban J connectivity index is 1.40. The largest absolute Gasteiger partial charge is 0.352 e. The fourth-order valence-corrected chi connectivity index (χ4v) is 4.46. The predicted octanol–water partition coefficient (Wildman–Crippen LogP) is 3.69. The minimum Gasteiger partial charge on any atom is -0.352 e. The molecule has 1 aromatic heterocycles. The first-order chi connectivity index (χ1) is 15.0. The van der Waals surface area contributed by atoms with E-state index in [1.807, 2.05) is 41.8 Å². The van der Waals surface area contributed by atoms with Gasteiger partial charge >= 0.3 is 6.03 Å². The van der Waals surface area contributed by atoms with Crippen molar-refractivity contribution < 1.29 is 14.4 Å². The summed E-state index contributed by atoms with van der Waals surface area (Å²) in [7, 11) is 0. The average Bonchev–Trinajstić information content (AvgIpc) is 3.43. The molecule has 0 spiro atoms. The second-order valence-electron chi connectivity index (χ2n) is 7.24. The number of rotatable bonds is 6. The van der Waals surface area contributed by atoms with Crippen LogP contribution in [0, 0.1) is 0 Å². The molecule has 1 aliphatic rings. The lowest BCUT2D eigenvalue weighted by atomic mass is 10.1. The highest BCUT2D eigenvalue weighted by molar-refractivity contribution is 7.10. The molecular weight excluding hydrogens is 412 g/mol. The van der Waals surface area contributed by atoms with Crippen LogP contribution in [0.3, 0.4) is 0 Å². The van der Waals surface area contributed by atoms with Gasteiger partial charge in [0.05, 0.1) is 12.5 Å². The number of carbonyl (C=O) groups excluding carboxylic acids is 3. The van der Waals surface area contributed by atoms with Crippen LogP contribution in [0.15, 0.2) is 66.0 Å². The minimum absolute atomic E-state index is 0.0503. The number of fused-ring (bicyclic) bond motifs is 1. The Labute approximate surface area is 183 Å². The molecule has 0 bridgehead atoms. The van der Waals surface area contributed by atoms with Gasteiger partial charge in [0.1, 0.15) is 0 Å². The molecule has 4 N–H and O–H groups in total. The van der Waals surface area contributed by atoms with Crippen LogP contribution < -0.4 is 21.3 Å². The molecule has 0 saturated carbocycles. The maximum Gasteiger partial charge on any atom is 0.312 e. The number of hydrogen-bond donors (Lipinski definition) is 3. The van der Waals surface area contributed by atoms with E-state index in [-0.39, 0.29) is 18.2 Å². The van der Waals surface area contributed by atoms with E-state index < -0.39 is 12.1 Å². The van der Waals surface area contributed by atoms with Crippen molar-refractivity contribution in [1.29, 1.82) is 0 Å². The number of urea groups is 1. The second-order valence-corrected chi connectivity index (χ2v) is 8.22. The molecule has 0 aliphatic carbocycles. The second kappa shape index (κ2) is 9.01. The number of nitrogens with zero attached hydrogens (tertiary/aromatic N) is 1. The van der Waals surface area contributed by atoms with Crippen LogP contribution in [0.4, 0.5) is 16.2 Å². The topological polar surface area (TPSA) is 105 Å². The number of hydrogen-bond acceptors (Lipinski definition) is 4. The van der Waals surface area contributed by atoms with E-state index >= 15 is 0 Å². The van der Waals surface area contributed by atoms with Crippen molar-refractivity contribution in [3.8, 4) is 0 Å². The molecule has 2 heterocycles. The first kappa shape index (κ1) is 20.6. The third-order valence-electron chi connectivity index (χ3n) is 5.14. The molecule has 1 aliphatic heterocycles. The first-order valence-electron chi connectivity index (χ1n) is 9.90. The summed E-state index contributed by atoms with van der Waals surface area (Å²) in [5, 5.41) is 7.28. The molecule has 158 valence electrons. The lowest BCUT2D eigenvalue weighted by Crippen LogP contribution is -2.34. The Bertz CT molecular complexity index is 1100. The van der Waals surface area contributed by atoms with Crippen LogP contribution in [-0.4, -0.2) is 24.4 Å². The van der Waals surface area contributed by atoms with Crippen molar-refractivity contribution in [3.05, 3.63) is 82.0 Å². The number of para-hydroxylation sites is 1. The van der Waals surface area contributed by atoms with E-state index in [1.54, 1.807) is 29.2 Å². The molecule has 4 amide bonds. The number of nitrogens with two attached hydrogens (primary N) is 1. The third-order valence-corrected chi connectivity index (χ3v) is 6.13. The zero-order valence-corrected chi connectivity index (χ0v) is 17.5. The average molecular weight is 435 g/mol. The maximum absolute atomic E-state index is 12.9. The van der Waals surface area contributed by atoms with Crippen LogP contribution in [0.25, 0.3) is 0 Å². The van der Waals surface area contributed by atoms with Gasteiger partial charge in [0.2, 0.25) is 5.91 Å². The minimum atomic E-state index is -0.683. The zero-order chi connectivity index (χ0) is 21.8. The number of thiophene rings is 1. The molecule has 8 heteroatoms. The molecule has 1 atom stereocenters. The van der Waals surface area contributed by atoms with Crippen LogP contribution in [0.2, 0.25) is 0 Å². The molecule has 2 aromatic carbocycles. The molecular formula is C23H22N4O3S. The summed E-state index contributed by atoms with van der Waals surface area (Å²) >= 11 is 1.44. The van der Waals surface area contributed by atoms with Gasteiger partial charge in [-0.1, -0.05) is 24.3 Å². The summed E-state index contributed by atoms with van der Waals surface area (Å²) < 4.78 is 0. The van der Waals surface area contributed by atoms with Gasteiger partial charge in [-0.25, -0.2) is 4.79 Å². The SMILES string of the molecule is NC(=O)NC(CC(=O)Nc1ccc(C(=O)N2CCc3ccccc32)cc1)c1cccs1. The summed E-state index contributed by atoms with van der Waals surface area (Å²) in [6.07, 6.45) is 0.898. The normalized spacial score (nSPS) is 13.4. The van der Waals surface area contributed by atoms with Gasteiger partial charge in [0.15, 0.2) is 0 Å². The highest BCUT2D eigenvalue weighted by atomic mass is 32.1. The van der Waals surface area contributed by atoms with Gasteiger partial charge in [-0.2, -0.15) is 0 Å². The summed E-state index contributed by atoms with van der Waals surface area (Å²) in [6.45, 7) is 0.660. The summed E-state index contributed by atoms with van der Waals surface area (Å²) in [4.78, 5) is 39.3. The number of benzene rings is 2. The molecule has 3 aromatic rings. The standard InChI is InChI=1S/C23H22N4O3S/c24-23(30)26-18(20-6-3-13-31-20)14-21(28)25-17-9-7-16(8-10-17)22(29)27-12-11-15-4-1-2-5-19(15)27/h1-10,13,18H,11-12,14H2,(H,25,28)(H3,24,26,30). The first-order valence-corrected chi connectivity index (χ1v) is 10.8. The molecule has 0 saturated heterocycles. The Kier molecular flexibility index (Phi) is 5.99. The smallest absolute Gasteiger partial charge is 0.312 e. The van der Waals surface area contributed by atoms with Crippen LogP contribution in [-0.2, 0) is 11.2 Å². The lowest BCUT2D eigenvalue weighted by molar-refractivity contribution is -0.116. The van der Waals surface area contributed by atoms with Crippen molar-refractivity contribution in [3.63, 3.8) is 0 Å². The number of amides is 4. The van der Waals surface area contributed by atoms with Gasteiger partial charge in [0.25, 0.3) is 5.91 Å². The van der Waals surface area contributed by atoms with Crippen molar-refractivity contribution in [2.45, 2.75) is 18.9 Å². The van der Waals surface area contributed by atoms with Crippen LogP contribution in [0.5, 0.6) is 0 Å². The fourth-order valence-electron chi connectivity index (χ4n) is 3.68. The zero-order valence-electron chi connectivity index (χ0n) is 16.7. The van der Waals surface area contributed by atoms with Crippen LogP contribution in [0.1, 0.15) is 33.3 Å². The van der Waals surface area contributed by atoms with Crippen LogP contribution >= 0.6 is 11.3 Å². The van der Waals surface area contributed by atoms with E-state index in [2.05, 4.69) is 10.6 Å². The van der Waals surface area contributed by atoms with Crippen molar-refractivity contribution >= 4 is 40.6 Å². The van der Waals surface area contributed by atoms with Crippen molar-refractivity contribution in [2.24, 2.45) is 5.73 Å². The summed E-state index contributed by atoms with van der Waals surface area (Å²) in [5.41, 5.74) is 8.50. The van der Waals surface area contributed by atoms with Gasteiger partial charge < -0.3 is 21.3 Å². The van der Waals surface area contributed by atoms with E-state index in [0.717, 1.165) is 17.0 Å². The third kappa shape index (κ3) is 4.75. The summed E-state index contributed by atoms with van der Waals surface area (Å²) in [5.74, 6) is -0.328. The summed E-state index contributed by atoms with van der Waals surface area (Å²) in [6, 6.07) is 17.2. The predicted molar refractivity (Wildman–Crippen MR) is 121 cm³/mol. The highest BCUT2D eigenvalue weighted by Gasteiger charge is 2.25. The quantitative estimate of drug-likeness (QED) is 0.551. The highest BCUT2D eigenvalue weighted by Crippen LogP contribution is 2.29. The van der Waals surface area contributed by atoms with Gasteiger partial charge in [0, 0.05) is 28.4 Å².